The lowest BCUT2D eigenvalue weighted by atomic mass is 9.89. The summed E-state index contributed by atoms with van der Waals surface area (Å²) in [4.78, 5) is 23.8. The Balaban J connectivity index is 1.26. The van der Waals surface area contributed by atoms with E-state index in [9.17, 15) is 22.5 Å². The van der Waals surface area contributed by atoms with Crippen LogP contribution in [0.4, 0.5) is 36.3 Å². The number of nitrogens with zero attached hydrogens (tertiary/aromatic N) is 4. The van der Waals surface area contributed by atoms with E-state index < -0.39 is 28.9 Å². The normalized spacial score (nSPS) is 22.0. The molecule has 11 nitrogen and oxygen atoms in total. The van der Waals surface area contributed by atoms with Crippen molar-refractivity contribution in [2.24, 2.45) is 0 Å². The van der Waals surface area contributed by atoms with Crippen LogP contribution < -0.4 is 25.0 Å². The van der Waals surface area contributed by atoms with Gasteiger partial charge in [0.05, 0.1) is 49.1 Å². The summed E-state index contributed by atoms with van der Waals surface area (Å²) >= 11 is -1.34. The van der Waals surface area contributed by atoms with Gasteiger partial charge in [-0.2, -0.15) is 22.5 Å². The number of hydrogen-bond donors (Lipinski definition) is 3. The van der Waals surface area contributed by atoms with Crippen molar-refractivity contribution in [2.75, 3.05) is 48.4 Å². The third kappa shape index (κ3) is 9.30. The van der Waals surface area contributed by atoms with E-state index >= 15 is 0 Å². The Kier molecular flexibility index (Phi) is 12.0. The zero-order valence-electron chi connectivity index (χ0n) is 29.3. The first-order chi connectivity index (χ1) is 23.7. The second-order valence-electron chi connectivity index (χ2n) is 13.1. The standard InChI is InChI=1S/C35H46F3N7O4S/c1-21-7-8-25(30(15-21)44(4)50(6)47)17-39-32-28(35(36,37)38)18-40-34(43-32)42-29-14-9-24(16-31(29)48-5)33(46)41-26-10-12-27(13-11-26)45-19-22(2)49-23(3)20-45/h7-9,14-16,18,22-23,26-27H,10-13,17,19-20H2,1-6H3,(H,41,46)(H2,39,40,42,43)/t22-,23+,26-,27-,50?. The van der Waals surface area contributed by atoms with E-state index in [1.807, 2.05) is 19.1 Å². The Morgan fingerprint density at radius 2 is 1.82 bits per heavy atom. The number of halogens is 3. The van der Waals surface area contributed by atoms with Gasteiger partial charge in [-0.15, -0.1) is 0 Å². The molecule has 272 valence electrons. The predicted octanol–water partition coefficient (Wildman–Crippen LogP) is 6.05. The second kappa shape index (κ2) is 16.0. The quantitative estimate of drug-likeness (QED) is 0.202. The van der Waals surface area contributed by atoms with Gasteiger partial charge >= 0.3 is 6.18 Å². The van der Waals surface area contributed by atoms with Crippen LogP contribution in [0.5, 0.6) is 5.75 Å². The number of morpholine rings is 1. The molecular formula is C35H46F3N7O4S. The van der Waals surface area contributed by atoms with Crippen LogP contribution in [0.25, 0.3) is 0 Å². The molecule has 50 heavy (non-hydrogen) atoms. The number of ether oxygens (including phenoxy) is 2. The van der Waals surface area contributed by atoms with Crippen LogP contribution in [0.15, 0.2) is 42.6 Å². The van der Waals surface area contributed by atoms with Crippen LogP contribution in [0, 0.1) is 6.92 Å². The molecule has 1 saturated heterocycles. The van der Waals surface area contributed by atoms with E-state index in [0.29, 0.717) is 40.5 Å². The topological polar surface area (TPSA) is 127 Å². The Bertz CT molecular complexity index is 1630. The highest BCUT2D eigenvalue weighted by Gasteiger charge is 2.36. The first-order valence-electron chi connectivity index (χ1n) is 16.7. The summed E-state index contributed by atoms with van der Waals surface area (Å²) in [6, 6.07) is 10.8. The molecule has 3 atom stereocenters. The molecule has 0 bridgehead atoms. The van der Waals surface area contributed by atoms with Crippen LogP contribution in [-0.4, -0.2) is 83.1 Å². The molecule has 3 N–H and O–H groups in total. The molecule has 0 radical (unpaired) electrons. The monoisotopic (exact) mass is 717 g/mol. The van der Waals surface area contributed by atoms with E-state index in [-0.39, 0.29) is 36.7 Å². The minimum Gasteiger partial charge on any atom is -0.593 e. The smallest absolute Gasteiger partial charge is 0.421 e. The fourth-order valence-electron chi connectivity index (χ4n) is 6.64. The first kappa shape index (κ1) is 37.5. The Labute approximate surface area is 294 Å². The predicted molar refractivity (Wildman–Crippen MR) is 189 cm³/mol. The molecule has 1 unspecified atom stereocenters. The molecule has 1 saturated carbocycles. The summed E-state index contributed by atoms with van der Waals surface area (Å²) in [5.74, 6) is -0.455. The number of benzene rings is 2. The summed E-state index contributed by atoms with van der Waals surface area (Å²) in [5.41, 5.74) is 1.91. The highest BCUT2D eigenvalue weighted by molar-refractivity contribution is 7.92. The number of rotatable bonds is 11. The number of alkyl halides is 3. The maximum Gasteiger partial charge on any atom is 0.421 e. The first-order valence-corrected chi connectivity index (χ1v) is 18.2. The molecule has 1 aromatic heterocycles. The zero-order valence-corrected chi connectivity index (χ0v) is 30.1. The molecule has 1 amide bonds. The maximum absolute atomic E-state index is 14.0. The third-order valence-corrected chi connectivity index (χ3v) is 10.2. The fourth-order valence-corrected chi connectivity index (χ4v) is 7.09. The van der Waals surface area contributed by atoms with Crippen molar-refractivity contribution in [3.63, 3.8) is 0 Å². The van der Waals surface area contributed by atoms with Gasteiger partial charge in [-0.1, -0.05) is 12.1 Å². The van der Waals surface area contributed by atoms with Crippen molar-refractivity contribution < 1.29 is 32.0 Å². The molecule has 15 heteroatoms. The molecule has 3 aromatic rings. The van der Waals surface area contributed by atoms with Crippen LogP contribution in [0.2, 0.25) is 0 Å². The van der Waals surface area contributed by atoms with Crippen molar-refractivity contribution in [1.82, 2.24) is 20.2 Å². The van der Waals surface area contributed by atoms with Crippen LogP contribution >= 0.6 is 0 Å². The van der Waals surface area contributed by atoms with Crippen LogP contribution in [0.3, 0.4) is 0 Å². The zero-order chi connectivity index (χ0) is 36.2. The van der Waals surface area contributed by atoms with Gasteiger partial charge in [0.2, 0.25) is 5.95 Å². The summed E-state index contributed by atoms with van der Waals surface area (Å²) in [6.45, 7) is 7.93. The van der Waals surface area contributed by atoms with Crippen molar-refractivity contribution in [3.05, 3.63) is 64.8 Å². The van der Waals surface area contributed by atoms with Crippen molar-refractivity contribution in [3.8, 4) is 5.75 Å². The number of aromatic nitrogens is 2. The lowest BCUT2D eigenvalue weighted by molar-refractivity contribution is -0.137. The average molecular weight is 718 g/mol. The number of amides is 1. The van der Waals surface area contributed by atoms with Crippen molar-refractivity contribution in [2.45, 2.75) is 83.5 Å². The van der Waals surface area contributed by atoms with Gasteiger partial charge < -0.3 is 30.0 Å². The highest BCUT2D eigenvalue weighted by Crippen LogP contribution is 2.36. The van der Waals surface area contributed by atoms with Gasteiger partial charge in [-0.3, -0.25) is 9.69 Å². The molecule has 1 aliphatic heterocycles. The summed E-state index contributed by atoms with van der Waals surface area (Å²) in [6.07, 6.45) is 1.73. The minimum atomic E-state index is -4.72. The van der Waals surface area contributed by atoms with Gasteiger partial charge in [0.1, 0.15) is 23.4 Å². The van der Waals surface area contributed by atoms with Gasteiger partial charge in [0, 0.05) is 43.5 Å². The van der Waals surface area contributed by atoms with Gasteiger partial charge in [-0.05, 0) is 81.8 Å². The Morgan fingerprint density at radius 1 is 1.12 bits per heavy atom. The molecule has 2 heterocycles. The number of anilines is 4. The van der Waals surface area contributed by atoms with Crippen LogP contribution in [0.1, 0.15) is 66.6 Å². The number of carbonyl (C=O) groups excluding carboxylic acids is 1. The van der Waals surface area contributed by atoms with E-state index in [0.717, 1.165) is 44.3 Å². The lowest BCUT2D eigenvalue weighted by Crippen LogP contribution is -2.52. The largest absolute Gasteiger partial charge is 0.593 e. The Hall–Kier alpha value is -3.79. The number of hydrogen-bond acceptors (Lipinski definition) is 10. The molecule has 2 fully saturated rings. The van der Waals surface area contributed by atoms with Gasteiger partial charge in [0.25, 0.3) is 5.91 Å². The van der Waals surface area contributed by atoms with Crippen molar-refractivity contribution >= 4 is 40.4 Å². The SMILES string of the molecule is COc1cc(C(=O)N[C@H]2CC[C@H](N3C[C@@H](C)O[C@@H](C)C3)CC2)ccc1Nc1ncc(C(F)(F)F)c(NCc2ccc(C)cc2N(C)[S+](C)[O-])n1. The third-order valence-electron chi connectivity index (χ3n) is 9.21. The molecule has 0 spiro atoms. The molecule has 1 aliphatic carbocycles. The molecule has 2 aliphatic rings. The van der Waals surface area contributed by atoms with E-state index in [1.165, 1.54) is 13.4 Å². The summed E-state index contributed by atoms with van der Waals surface area (Å²) < 4.78 is 67.1. The van der Waals surface area contributed by atoms with E-state index in [4.69, 9.17) is 9.47 Å². The second-order valence-corrected chi connectivity index (χ2v) is 14.5. The maximum atomic E-state index is 14.0. The van der Waals surface area contributed by atoms with E-state index in [1.54, 1.807) is 35.6 Å². The van der Waals surface area contributed by atoms with Gasteiger partial charge in [-0.25, -0.2) is 4.98 Å². The summed E-state index contributed by atoms with van der Waals surface area (Å²) in [7, 11) is 3.10. The average Bonchev–Trinajstić information content (AvgIpc) is 3.07. The minimum absolute atomic E-state index is 0.0168. The van der Waals surface area contributed by atoms with Crippen molar-refractivity contribution in [1.29, 1.82) is 0 Å². The molecule has 2 aromatic carbocycles. The Morgan fingerprint density at radius 3 is 2.46 bits per heavy atom. The summed E-state index contributed by atoms with van der Waals surface area (Å²) in [5, 5.41) is 8.89. The number of aryl methyl sites for hydroxylation is 1. The highest BCUT2D eigenvalue weighted by atomic mass is 32.2. The van der Waals surface area contributed by atoms with Crippen LogP contribution in [-0.2, 0) is 28.8 Å². The number of carbonyl (C=O) groups is 1. The lowest BCUT2D eigenvalue weighted by Gasteiger charge is -2.42. The molecule has 5 rings (SSSR count). The van der Waals surface area contributed by atoms with E-state index in [2.05, 4.69) is 44.7 Å². The fraction of sp³-hybridized carbons (Fsp3) is 0.514. The van der Waals surface area contributed by atoms with Gasteiger partial charge in [0.15, 0.2) is 0 Å². The number of methoxy groups -OCH3 is 1. The number of nitrogens with one attached hydrogen (secondary N) is 3. The molecular weight excluding hydrogens is 671 g/mol.